The second-order valence-corrected chi connectivity index (χ2v) is 5.11. The molecule has 1 atom stereocenters. The van der Waals surface area contributed by atoms with Crippen molar-refractivity contribution in [1.82, 2.24) is 0 Å². The fourth-order valence-corrected chi connectivity index (χ4v) is 2.42. The number of ether oxygens (including phenoxy) is 1. The number of benzene rings is 2. The Balaban J connectivity index is 1.62. The van der Waals surface area contributed by atoms with Crippen LogP contribution in [0.4, 0.5) is 14.5 Å². The van der Waals surface area contributed by atoms with Gasteiger partial charge in [0.1, 0.15) is 23.5 Å². The third kappa shape index (κ3) is 2.70. The Morgan fingerprint density at radius 2 is 2.05 bits per heavy atom. The summed E-state index contributed by atoms with van der Waals surface area (Å²) in [5.41, 5.74) is 1.59. The highest BCUT2D eigenvalue weighted by Crippen LogP contribution is 2.29. The predicted octanol–water partition coefficient (Wildman–Crippen LogP) is 4.03. The van der Waals surface area contributed by atoms with Crippen molar-refractivity contribution < 1.29 is 13.5 Å². The van der Waals surface area contributed by atoms with E-state index < -0.39 is 5.82 Å². The summed E-state index contributed by atoms with van der Waals surface area (Å²) in [5.74, 6) is 0.0128. The van der Waals surface area contributed by atoms with Gasteiger partial charge in [0.05, 0.1) is 11.6 Å². The Morgan fingerprint density at radius 1 is 1.20 bits per heavy atom. The standard InChI is InChI=1S/C15H12ClF2NO/c16-13-7-11(2-3-14(13)18)19-8-12-6-9-5-10(17)1-4-15(9)20-12/h1-5,7,12,19H,6,8H2. The van der Waals surface area contributed by atoms with Gasteiger partial charge in [-0.05, 0) is 36.4 Å². The second kappa shape index (κ2) is 5.29. The maximum Gasteiger partial charge on any atom is 0.141 e. The summed E-state index contributed by atoms with van der Waals surface area (Å²) in [6.07, 6.45) is 0.574. The van der Waals surface area contributed by atoms with Gasteiger partial charge in [-0.2, -0.15) is 0 Å². The van der Waals surface area contributed by atoms with E-state index in [2.05, 4.69) is 5.32 Å². The molecule has 0 fully saturated rings. The zero-order valence-corrected chi connectivity index (χ0v) is 11.3. The molecule has 0 saturated carbocycles. The maximum absolute atomic E-state index is 13.1. The van der Waals surface area contributed by atoms with Gasteiger partial charge in [-0.15, -0.1) is 0 Å². The molecule has 2 nitrogen and oxygen atoms in total. The van der Waals surface area contributed by atoms with Crippen LogP contribution in [0.15, 0.2) is 36.4 Å². The number of anilines is 1. The number of halogens is 3. The van der Waals surface area contributed by atoms with Crippen LogP contribution in [0.2, 0.25) is 5.02 Å². The van der Waals surface area contributed by atoms with Crippen LogP contribution in [0.3, 0.4) is 0 Å². The highest BCUT2D eigenvalue weighted by Gasteiger charge is 2.22. The number of hydrogen-bond donors (Lipinski definition) is 1. The maximum atomic E-state index is 13.1. The molecule has 0 bridgehead atoms. The molecule has 0 saturated heterocycles. The van der Waals surface area contributed by atoms with E-state index in [0.717, 1.165) is 17.0 Å². The van der Waals surface area contributed by atoms with E-state index in [1.165, 1.54) is 24.3 Å². The van der Waals surface area contributed by atoms with E-state index in [0.29, 0.717) is 13.0 Å². The SMILES string of the molecule is Fc1ccc2c(c1)CC(CNc1ccc(F)c(Cl)c1)O2. The van der Waals surface area contributed by atoms with Crippen molar-refractivity contribution in [3.05, 3.63) is 58.6 Å². The summed E-state index contributed by atoms with van der Waals surface area (Å²) in [6.45, 7) is 0.540. The zero-order valence-electron chi connectivity index (χ0n) is 10.5. The van der Waals surface area contributed by atoms with E-state index in [-0.39, 0.29) is 16.9 Å². The molecule has 2 aromatic carbocycles. The van der Waals surface area contributed by atoms with Crippen molar-refractivity contribution in [1.29, 1.82) is 0 Å². The smallest absolute Gasteiger partial charge is 0.141 e. The van der Waals surface area contributed by atoms with Crippen LogP contribution in [0, 0.1) is 11.6 Å². The Kier molecular flexibility index (Phi) is 3.49. The summed E-state index contributed by atoms with van der Waals surface area (Å²) >= 11 is 5.71. The molecule has 1 N–H and O–H groups in total. The van der Waals surface area contributed by atoms with E-state index in [1.54, 1.807) is 12.1 Å². The van der Waals surface area contributed by atoms with Crippen molar-refractivity contribution in [2.24, 2.45) is 0 Å². The summed E-state index contributed by atoms with van der Waals surface area (Å²) in [7, 11) is 0. The fourth-order valence-electron chi connectivity index (χ4n) is 2.24. The normalized spacial score (nSPS) is 16.6. The number of rotatable bonds is 3. The molecule has 0 radical (unpaired) electrons. The van der Waals surface area contributed by atoms with Crippen molar-refractivity contribution in [3.8, 4) is 5.75 Å². The van der Waals surface area contributed by atoms with Gasteiger partial charge >= 0.3 is 0 Å². The highest BCUT2D eigenvalue weighted by molar-refractivity contribution is 6.31. The van der Waals surface area contributed by atoms with Crippen molar-refractivity contribution in [3.63, 3.8) is 0 Å². The van der Waals surface area contributed by atoms with Gasteiger partial charge in [-0.3, -0.25) is 0 Å². The number of nitrogens with one attached hydrogen (secondary N) is 1. The molecular weight excluding hydrogens is 284 g/mol. The van der Waals surface area contributed by atoms with Gasteiger partial charge in [0.15, 0.2) is 0 Å². The first-order valence-corrected chi connectivity index (χ1v) is 6.63. The lowest BCUT2D eigenvalue weighted by Gasteiger charge is -2.13. The summed E-state index contributed by atoms with van der Waals surface area (Å²) in [6, 6.07) is 8.96. The third-order valence-corrected chi connectivity index (χ3v) is 3.51. The van der Waals surface area contributed by atoms with E-state index in [9.17, 15) is 8.78 Å². The minimum absolute atomic E-state index is 0.0735. The van der Waals surface area contributed by atoms with Gasteiger partial charge in [-0.25, -0.2) is 8.78 Å². The van der Waals surface area contributed by atoms with E-state index in [1.807, 2.05) is 0 Å². The molecule has 20 heavy (non-hydrogen) atoms. The van der Waals surface area contributed by atoms with Gasteiger partial charge in [0.2, 0.25) is 0 Å². The lowest BCUT2D eigenvalue weighted by atomic mass is 10.1. The van der Waals surface area contributed by atoms with Crippen molar-refractivity contribution in [2.75, 3.05) is 11.9 Å². The Labute approximate surface area is 120 Å². The minimum Gasteiger partial charge on any atom is -0.488 e. The van der Waals surface area contributed by atoms with Crippen LogP contribution in [0.5, 0.6) is 5.75 Å². The fraction of sp³-hybridized carbons (Fsp3) is 0.200. The van der Waals surface area contributed by atoms with Crippen LogP contribution in [-0.4, -0.2) is 12.6 Å². The monoisotopic (exact) mass is 295 g/mol. The third-order valence-electron chi connectivity index (χ3n) is 3.22. The average molecular weight is 296 g/mol. The van der Waals surface area contributed by atoms with Crippen LogP contribution in [-0.2, 0) is 6.42 Å². The van der Waals surface area contributed by atoms with Crippen LogP contribution in [0.1, 0.15) is 5.56 Å². The Morgan fingerprint density at radius 3 is 2.85 bits per heavy atom. The molecule has 0 amide bonds. The molecule has 0 aliphatic carbocycles. The molecular formula is C15H12ClF2NO. The molecule has 0 aromatic heterocycles. The topological polar surface area (TPSA) is 21.3 Å². The molecule has 1 unspecified atom stereocenters. The molecule has 3 rings (SSSR count). The molecule has 104 valence electrons. The molecule has 1 aliphatic heterocycles. The van der Waals surface area contributed by atoms with Crippen molar-refractivity contribution >= 4 is 17.3 Å². The molecule has 0 spiro atoms. The molecule has 1 aliphatic rings. The van der Waals surface area contributed by atoms with E-state index in [4.69, 9.17) is 16.3 Å². The first-order chi connectivity index (χ1) is 9.61. The molecule has 5 heteroatoms. The summed E-state index contributed by atoms with van der Waals surface area (Å²) in [4.78, 5) is 0. The minimum atomic E-state index is -0.447. The largest absolute Gasteiger partial charge is 0.488 e. The second-order valence-electron chi connectivity index (χ2n) is 4.71. The van der Waals surface area contributed by atoms with Gasteiger partial charge < -0.3 is 10.1 Å². The zero-order chi connectivity index (χ0) is 14.1. The predicted molar refractivity (Wildman–Crippen MR) is 74.4 cm³/mol. The van der Waals surface area contributed by atoms with Crippen LogP contribution < -0.4 is 10.1 Å². The lowest BCUT2D eigenvalue weighted by Crippen LogP contribution is -2.23. The Hall–Kier alpha value is -1.81. The van der Waals surface area contributed by atoms with Gasteiger partial charge in [-0.1, -0.05) is 11.6 Å². The lowest BCUT2D eigenvalue weighted by molar-refractivity contribution is 0.246. The summed E-state index contributed by atoms with van der Waals surface area (Å²) < 4.78 is 31.8. The van der Waals surface area contributed by atoms with Gasteiger partial charge in [0, 0.05) is 17.7 Å². The first-order valence-electron chi connectivity index (χ1n) is 6.26. The quantitative estimate of drug-likeness (QED) is 0.923. The molecule has 2 aromatic rings. The first kappa shape index (κ1) is 13.2. The van der Waals surface area contributed by atoms with E-state index >= 15 is 0 Å². The Bertz CT molecular complexity index is 648. The van der Waals surface area contributed by atoms with Crippen LogP contribution in [0.25, 0.3) is 0 Å². The number of fused-ring (bicyclic) bond motifs is 1. The summed E-state index contributed by atoms with van der Waals surface area (Å²) in [5, 5.41) is 3.21. The average Bonchev–Trinajstić information content (AvgIpc) is 2.82. The van der Waals surface area contributed by atoms with Crippen LogP contribution >= 0.6 is 11.6 Å². The highest BCUT2D eigenvalue weighted by atomic mass is 35.5. The molecule has 1 heterocycles. The number of hydrogen-bond acceptors (Lipinski definition) is 2. The van der Waals surface area contributed by atoms with Gasteiger partial charge in [0.25, 0.3) is 0 Å². The van der Waals surface area contributed by atoms with Crippen molar-refractivity contribution in [2.45, 2.75) is 12.5 Å².